The lowest BCUT2D eigenvalue weighted by Gasteiger charge is -2.00. The molecule has 2 nitrogen and oxygen atoms in total. The smallest absolute Gasteiger partial charge is 0.126 e. The summed E-state index contributed by atoms with van der Waals surface area (Å²) in [5, 5.41) is 3.96. The van der Waals surface area contributed by atoms with Crippen LogP contribution in [0.4, 0.5) is 8.78 Å². The largest absolute Gasteiger partial charge is 0.312 e. The summed E-state index contributed by atoms with van der Waals surface area (Å²) in [5.41, 5.74) is 1.40. The van der Waals surface area contributed by atoms with E-state index in [0.29, 0.717) is 10.6 Å². The van der Waals surface area contributed by atoms with E-state index in [1.165, 1.54) is 23.5 Å². The lowest BCUT2D eigenvalue weighted by atomic mass is 10.2. The van der Waals surface area contributed by atoms with Gasteiger partial charge in [0.2, 0.25) is 0 Å². The topological polar surface area (TPSA) is 24.9 Å². The lowest BCUT2D eigenvalue weighted by Crippen LogP contribution is -2.13. The van der Waals surface area contributed by atoms with E-state index in [4.69, 9.17) is 0 Å². The van der Waals surface area contributed by atoms with E-state index in [0.717, 1.165) is 36.1 Å². The minimum Gasteiger partial charge on any atom is -0.312 e. The fraction of sp³-hybridized carbons (Fsp3) is 0.357. The van der Waals surface area contributed by atoms with Crippen LogP contribution in [0.5, 0.6) is 0 Å². The van der Waals surface area contributed by atoms with Crippen molar-refractivity contribution in [2.24, 2.45) is 0 Å². The number of hydrogen-bond acceptors (Lipinski definition) is 3. The van der Waals surface area contributed by atoms with E-state index in [1.807, 2.05) is 6.92 Å². The van der Waals surface area contributed by atoms with Crippen molar-refractivity contribution in [3.05, 3.63) is 40.4 Å². The molecule has 0 atom stereocenters. The zero-order valence-corrected chi connectivity index (χ0v) is 11.8. The molecule has 0 saturated carbocycles. The van der Waals surface area contributed by atoms with Gasteiger partial charge < -0.3 is 5.32 Å². The van der Waals surface area contributed by atoms with Crippen LogP contribution in [0.1, 0.15) is 23.9 Å². The second-order valence-electron chi connectivity index (χ2n) is 4.36. The highest BCUT2D eigenvalue weighted by Gasteiger charge is 2.11. The van der Waals surface area contributed by atoms with Gasteiger partial charge in [-0.25, -0.2) is 13.8 Å². The summed E-state index contributed by atoms with van der Waals surface area (Å²) in [6.45, 7) is 5.71. The molecular formula is C14H16F2N2S. The molecule has 5 heteroatoms. The van der Waals surface area contributed by atoms with Gasteiger partial charge in [0.1, 0.15) is 16.6 Å². The minimum atomic E-state index is -0.575. The van der Waals surface area contributed by atoms with Crippen LogP contribution < -0.4 is 5.32 Å². The Hall–Kier alpha value is -1.33. The summed E-state index contributed by atoms with van der Waals surface area (Å²) in [7, 11) is 0. The van der Waals surface area contributed by atoms with Crippen molar-refractivity contribution in [1.29, 1.82) is 0 Å². The molecule has 19 heavy (non-hydrogen) atoms. The third-order valence-corrected chi connectivity index (χ3v) is 3.92. The Morgan fingerprint density at radius 3 is 2.53 bits per heavy atom. The van der Waals surface area contributed by atoms with Crippen LogP contribution in [0.15, 0.2) is 18.2 Å². The number of aryl methyl sites for hydroxylation is 1. The fourth-order valence-electron chi connectivity index (χ4n) is 1.77. The van der Waals surface area contributed by atoms with Crippen LogP contribution in [0.2, 0.25) is 0 Å². The normalized spacial score (nSPS) is 10.9. The molecule has 0 aliphatic heterocycles. The number of aromatic nitrogens is 1. The number of nitrogens with one attached hydrogen (secondary N) is 1. The number of nitrogens with zero attached hydrogens (tertiary/aromatic N) is 1. The van der Waals surface area contributed by atoms with Gasteiger partial charge >= 0.3 is 0 Å². The van der Waals surface area contributed by atoms with Crippen LogP contribution in [0.3, 0.4) is 0 Å². The van der Waals surface area contributed by atoms with Crippen molar-refractivity contribution in [1.82, 2.24) is 10.3 Å². The Balaban J connectivity index is 2.23. The standard InChI is InChI=1S/C14H16F2N2S/c1-3-4-17-8-13-9(2)18-14(19-13)10-5-11(15)7-12(16)6-10/h5-7,17H,3-4,8H2,1-2H3. The van der Waals surface area contributed by atoms with Gasteiger partial charge in [0, 0.05) is 23.1 Å². The Morgan fingerprint density at radius 1 is 1.21 bits per heavy atom. The van der Waals surface area contributed by atoms with Gasteiger partial charge in [0.05, 0.1) is 5.69 Å². The first-order valence-electron chi connectivity index (χ1n) is 6.23. The maximum absolute atomic E-state index is 13.2. The Kier molecular flexibility index (Phi) is 4.61. The van der Waals surface area contributed by atoms with Crippen molar-refractivity contribution in [2.45, 2.75) is 26.8 Å². The van der Waals surface area contributed by atoms with Crippen molar-refractivity contribution in [3.63, 3.8) is 0 Å². The molecular weight excluding hydrogens is 266 g/mol. The first kappa shape index (κ1) is 14.1. The van der Waals surface area contributed by atoms with Gasteiger partial charge in [-0.15, -0.1) is 11.3 Å². The molecule has 0 bridgehead atoms. The summed E-state index contributed by atoms with van der Waals surface area (Å²) in [4.78, 5) is 5.49. The second-order valence-corrected chi connectivity index (χ2v) is 5.45. The summed E-state index contributed by atoms with van der Waals surface area (Å²) in [6.07, 6.45) is 1.07. The van der Waals surface area contributed by atoms with E-state index in [9.17, 15) is 8.78 Å². The molecule has 102 valence electrons. The highest BCUT2D eigenvalue weighted by atomic mass is 32.1. The van der Waals surface area contributed by atoms with Gasteiger partial charge in [0.25, 0.3) is 0 Å². The first-order chi connectivity index (χ1) is 9.10. The van der Waals surface area contributed by atoms with Crippen LogP contribution in [0, 0.1) is 18.6 Å². The maximum atomic E-state index is 13.2. The predicted molar refractivity (Wildman–Crippen MR) is 74.2 cm³/mol. The molecule has 0 aliphatic carbocycles. The summed E-state index contributed by atoms with van der Waals surface area (Å²) in [5.74, 6) is -1.15. The predicted octanol–water partition coefficient (Wildman–Crippen LogP) is 3.90. The quantitative estimate of drug-likeness (QED) is 0.841. The maximum Gasteiger partial charge on any atom is 0.126 e. The zero-order valence-electron chi connectivity index (χ0n) is 11.0. The van der Waals surface area contributed by atoms with Gasteiger partial charge in [-0.3, -0.25) is 0 Å². The molecule has 0 saturated heterocycles. The first-order valence-corrected chi connectivity index (χ1v) is 7.05. The fourth-order valence-corrected chi connectivity index (χ4v) is 2.79. The van der Waals surface area contributed by atoms with Crippen LogP contribution in [-0.4, -0.2) is 11.5 Å². The number of rotatable bonds is 5. The summed E-state index contributed by atoms with van der Waals surface area (Å²) < 4.78 is 26.4. The van der Waals surface area contributed by atoms with Gasteiger partial charge in [-0.1, -0.05) is 6.92 Å². The average molecular weight is 282 g/mol. The monoisotopic (exact) mass is 282 g/mol. The summed E-state index contributed by atoms with van der Waals surface area (Å²) in [6, 6.07) is 3.49. The third-order valence-electron chi connectivity index (χ3n) is 2.71. The van der Waals surface area contributed by atoms with E-state index in [1.54, 1.807) is 0 Å². The number of benzene rings is 1. The highest BCUT2D eigenvalue weighted by Crippen LogP contribution is 2.28. The van der Waals surface area contributed by atoms with Crippen molar-refractivity contribution >= 4 is 11.3 Å². The molecule has 2 rings (SSSR count). The Morgan fingerprint density at radius 2 is 1.89 bits per heavy atom. The Bertz CT molecular complexity index is 546. The SMILES string of the molecule is CCCNCc1sc(-c2cc(F)cc(F)c2)nc1C. The number of hydrogen-bond donors (Lipinski definition) is 1. The lowest BCUT2D eigenvalue weighted by molar-refractivity contribution is 0.584. The van der Waals surface area contributed by atoms with Gasteiger partial charge in [-0.05, 0) is 32.0 Å². The van der Waals surface area contributed by atoms with Crippen molar-refractivity contribution in [3.8, 4) is 10.6 Å². The molecule has 0 radical (unpaired) electrons. The minimum absolute atomic E-state index is 0.493. The molecule has 1 aromatic carbocycles. The molecule has 2 aromatic rings. The zero-order chi connectivity index (χ0) is 13.8. The van der Waals surface area contributed by atoms with E-state index < -0.39 is 11.6 Å². The second kappa shape index (κ2) is 6.21. The molecule has 0 spiro atoms. The van der Waals surface area contributed by atoms with Gasteiger partial charge in [0.15, 0.2) is 0 Å². The van der Waals surface area contributed by atoms with Crippen molar-refractivity contribution < 1.29 is 8.78 Å². The van der Waals surface area contributed by atoms with E-state index >= 15 is 0 Å². The molecule has 1 heterocycles. The molecule has 0 amide bonds. The molecule has 0 aliphatic rings. The van der Waals surface area contributed by atoms with Crippen LogP contribution >= 0.6 is 11.3 Å². The number of halogens is 2. The molecule has 1 N–H and O–H groups in total. The van der Waals surface area contributed by atoms with Crippen molar-refractivity contribution in [2.75, 3.05) is 6.54 Å². The van der Waals surface area contributed by atoms with Crippen LogP contribution in [-0.2, 0) is 6.54 Å². The third kappa shape index (κ3) is 3.58. The molecule has 0 fully saturated rings. The Labute approximate surface area is 115 Å². The molecule has 0 unspecified atom stereocenters. The van der Waals surface area contributed by atoms with E-state index in [2.05, 4.69) is 17.2 Å². The number of thiazole rings is 1. The van der Waals surface area contributed by atoms with Crippen LogP contribution in [0.25, 0.3) is 10.6 Å². The molecule has 1 aromatic heterocycles. The average Bonchev–Trinajstić information content (AvgIpc) is 2.70. The highest BCUT2D eigenvalue weighted by molar-refractivity contribution is 7.15. The van der Waals surface area contributed by atoms with Gasteiger partial charge in [-0.2, -0.15) is 0 Å². The summed E-state index contributed by atoms with van der Waals surface area (Å²) >= 11 is 1.47. The van der Waals surface area contributed by atoms with E-state index in [-0.39, 0.29) is 0 Å².